The molecule has 43 heavy (non-hydrogen) atoms. The Morgan fingerprint density at radius 2 is 0.581 bits per heavy atom. The second-order valence-corrected chi connectivity index (χ2v) is 16.7. The van der Waals surface area contributed by atoms with Crippen molar-refractivity contribution in [3.05, 3.63) is 182 Å². The topological polar surface area (TPSA) is 81.5 Å². The molecule has 0 amide bonds. The van der Waals surface area contributed by atoms with Crippen LogP contribution in [-0.4, -0.2) is 0 Å². The van der Waals surface area contributed by atoms with E-state index in [1.807, 2.05) is 0 Å². The molecular weight excluding hydrogens is 636 g/mol. The van der Waals surface area contributed by atoms with Gasteiger partial charge < -0.3 is 12.6 Å². The summed E-state index contributed by atoms with van der Waals surface area (Å²) in [4.78, 5) is 0. The van der Waals surface area contributed by atoms with Gasteiger partial charge in [0.15, 0.2) is 0 Å². The Hall–Kier alpha value is -3.66. The maximum Gasteiger partial charge on any atom is 0.228 e. The van der Waals surface area contributed by atoms with Crippen molar-refractivity contribution in [1.29, 1.82) is 0 Å². The summed E-state index contributed by atoms with van der Waals surface area (Å²) in [6.07, 6.45) is 0. The van der Waals surface area contributed by atoms with Gasteiger partial charge in [0.1, 0.15) is 23.0 Å². The van der Waals surface area contributed by atoms with Crippen LogP contribution in [0.15, 0.2) is 187 Å². The molecule has 0 radical (unpaired) electrons. The van der Waals surface area contributed by atoms with E-state index in [1.54, 1.807) is 0 Å². The third-order valence-electron chi connectivity index (χ3n) is 7.05. The van der Waals surface area contributed by atoms with Crippen LogP contribution in [0.3, 0.4) is 0 Å². The number of rotatable bonds is 7. The van der Waals surface area contributed by atoms with E-state index in [-0.39, 0.29) is 0 Å². The SMILES string of the molecule is [O-][Br+2]([O-])[O-].c1ccc(P(=N[P+](c2ccccc2)(c2ccccc2)c2ccccc2)(c2ccccc2)c2ccccc2)cc1. The minimum Gasteiger partial charge on any atom is -0.405 e. The van der Waals surface area contributed by atoms with Gasteiger partial charge in [0, 0.05) is 15.9 Å². The molecule has 214 valence electrons. The summed E-state index contributed by atoms with van der Waals surface area (Å²) in [6, 6.07) is 65.7. The Balaban J connectivity index is 0.000000868. The third kappa shape index (κ3) is 6.79. The molecule has 4 nitrogen and oxygen atoms in total. The Morgan fingerprint density at radius 3 is 0.814 bits per heavy atom. The van der Waals surface area contributed by atoms with E-state index in [0.717, 1.165) is 0 Å². The molecule has 0 aromatic heterocycles. The molecule has 0 saturated heterocycles. The van der Waals surface area contributed by atoms with Crippen LogP contribution in [0.4, 0.5) is 0 Å². The van der Waals surface area contributed by atoms with Crippen LogP contribution < -0.4 is 44.4 Å². The zero-order valence-electron chi connectivity index (χ0n) is 23.3. The fourth-order valence-corrected chi connectivity index (χ4v) is 14.8. The molecule has 7 heteroatoms. The molecule has 0 aliphatic rings. The first kappa shape index (κ1) is 30.8. The molecule has 6 rings (SSSR count). The van der Waals surface area contributed by atoms with Crippen LogP contribution in [0, 0.1) is 14.8 Å². The second kappa shape index (κ2) is 14.7. The summed E-state index contributed by atoms with van der Waals surface area (Å²) in [5.74, 6) is 0. The van der Waals surface area contributed by atoms with Crippen molar-refractivity contribution < 1.29 is 27.4 Å². The highest BCUT2D eigenvalue weighted by molar-refractivity contribution is 8.01. The monoisotopic (exact) mass is 665 g/mol. The number of halogens is 1. The number of nitrogens with zero attached hydrogens (tertiary/aromatic N) is 1. The van der Waals surface area contributed by atoms with Gasteiger partial charge in [-0.05, 0) is 36.4 Å². The fourth-order valence-electron chi connectivity index (χ4n) is 5.27. The normalized spacial score (nSPS) is 11.3. The molecular formula is C36H30BrNO3P2. The highest BCUT2D eigenvalue weighted by atomic mass is 80.0. The minimum absolute atomic E-state index is 1.26. The zero-order chi connectivity index (χ0) is 30.0. The predicted molar refractivity (Wildman–Crippen MR) is 173 cm³/mol. The van der Waals surface area contributed by atoms with Crippen LogP contribution >= 0.6 is 14.5 Å². The van der Waals surface area contributed by atoms with Crippen LogP contribution in [0.2, 0.25) is 0 Å². The molecule has 0 fully saturated rings. The van der Waals surface area contributed by atoms with Crippen molar-refractivity contribution in [1.82, 2.24) is 0 Å². The molecule has 0 aliphatic carbocycles. The number of hydrogen-bond acceptors (Lipinski definition) is 4. The Bertz CT molecular complexity index is 1540. The first-order valence-electron chi connectivity index (χ1n) is 13.7. The standard InChI is InChI=1S/C36H30NP2.BrO3/c1-7-19-31(20-8-1)38(32-21-9-2-10-22-32,33-23-11-3-12-24-33)37-39(34-25-13-4-14-26-34,35-27-15-5-16-28-35)36-29-17-6-18-30-36;2-1(3)4/h1-30H;/q+1;-1. The first-order valence-corrected chi connectivity index (χ1v) is 19.1. The predicted octanol–water partition coefficient (Wildman–Crippen LogP) is 3.51. The van der Waals surface area contributed by atoms with E-state index < -0.39 is 29.3 Å². The molecule has 0 N–H and O–H groups in total. The summed E-state index contributed by atoms with van der Waals surface area (Å²) in [5.41, 5.74) is 0. The van der Waals surface area contributed by atoms with E-state index >= 15 is 0 Å². The molecule has 6 aromatic rings. The molecule has 0 atom stereocenters. The Labute approximate surface area is 259 Å². The summed E-state index contributed by atoms with van der Waals surface area (Å²) >= 11 is -3.65. The molecule has 0 saturated carbocycles. The lowest BCUT2D eigenvalue weighted by Gasteiger charge is -2.31. The van der Waals surface area contributed by atoms with Gasteiger partial charge in [0.25, 0.3) is 0 Å². The molecule has 0 bridgehead atoms. The summed E-state index contributed by atoms with van der Waals surface area (Å²) in [5, 5.41) is 7.55. The van der Waals surface area contributed by atoms with E-state index in [1.165, 1.54) is 31.8 Å². The van der Waals surface area contributed by atoms with Gasteiger partial charge in [-0.25, -0.2) is 0 Å². The van der Waals surface area contributed by atoms with E-state index in [0.29, 0.717) is 0 Å². The van der Waals surface area contributed by atoms with Crippen molar-refractivity contribution >= 4 is 46.3 Å². The third-order valence-corrected chi connectivity index (χ3v) is 15.5. The molecule has 0 heterocycles. The Morgan fingerprint density at radius 1 is 0.372 bits per heavy atom. The first-order chi connectivity index (χ1) is 21.1. The van der Waals surface area contributed by atoms with Crippen LogP contribution in [-0.2, 0) is 0 Å². The summed E-state index contributed by atoms with van der Waals surface area (Å²) in [6.45, 7) is 0. The van der Waals surface area contributed by atoms with Gasteiger partial charge in [0.2, 0.25) is 22.2 Å². The summed E-state index contributed by atoms with van der Waals surface area (Å²) in [7, 11) is -4.99. The maximum atomic E-state index is 8.52. The van der Waals surface area contributed by atoms with Gasteiger partial charge in [-0.15, -0.1) is 4.52 Å². The lowest BCUT2D eigenvalue weighted by molar-refractivity contribution is -1.73. The van der Waals surface area contributed by atoms with Gasteiger partial charge in [-0.3, -0.25) is 0 Å². The van der Waals surface area contributed by atoms with Crippen molar-refractivity contribution in [2.24, 2.45) is 4.52 Å². The van der Waals surface area contributed by atoms with Gasteiger partial charge >= 0.3 is 0 Å². The van der Waals surface area contributed by atoms with E-state index in [4.69, 9.17) is 17.1 Å². The van der Waals surface area contributed by atoms with Gasteiger partial charge in [0.05, 0.1) is 0 Å². The van der Waals surface area contributed by atoms with Crippen molar-refractivity contribution in [3.8, 4) is 0 Å². The quantitative estimate of drug-likeness (QED) is 0.245. The van der Waals surface area contributed by atoms with Crippen molar-refractivity contribution in [2.45, 2.75) is 0 Å². The average Bonchev–Trinajstić information content (AvgIpc) is 3.08. The number of benzene rings is 6. The summed E-state index contributed by atoms with van der Waals surface area (Å²) < 4.78 is 31.9. The highest BCUT2D eigenvalue weighted by Crippen LogP contribution is 2.65. The van der Waals surface area contributed by atoms with Crippen molar-refractivity contribution in [2.75, 3.05) is 0 Å². The zero-order valence-corrected chi connectivity index (χ0v) is 26.6. The average molecular weight is 666 g/mol. The maximum absolute atomic E-state index is 8.52. The Kier molecular flexibility index (Phi) is 10.5. The van der Waals surface area contributed by atoms with Gasteiger partial charge in [-0.1, -0.05) is 146 Å². The minimum atomic E-state index is -3.65. The van der Waals surface area contributed by atoms with E-state index in [9.17, 15) is 0 Å². The van der Waals surface area contributed by atoms with Crippen molar-refractivity contribution in [3.63, 3.8) is 0 Å². The largest absolute Gasteiger partial charge is 0.405 e. The lowest BCUT2D eigenvalue weighted by atomic mass is 10.4. The molecule has 0 unspecified atom stereocenters. The van der Waals surface area contributed by atoms with Crippen LogP contribution in [0.25, 0.3) is 0 Å². The van der Waals surface area contributed by atoms with E-state index in [2.05, 4.69) is 182 Å². The number of hydrogen-bond donors (Lipinski definition) is 0. The lowest BCUT2D eigenvalue weighted by Crippen LogP contribution is -2.42. The van der Waals surface area contributed by atoms with Crippen LogP contribution in [0.5, 0.6) is 0 Å². The highest BCUT2D eigenvalue weighted by Gasteiger charge is 2.49. The smallest absolute Gasteiger partial charge is 0.228 e. The fraction of sp³-hybridized carbons (Fsp3) is 0. The van der Waals surface area contributed by atoms with Crippen LogP contribution in [0.1, 0.15) is 0 Å². The molecule has 0 spiro atoms. The molecule has 0 aliphatic heterocycles. The second-order valence-electron chi connectivity index (χ2n) is 9.56. The van der Waals surface area contributed by atoms with Gasteiger partial charge in [-0.2, -0.15) is 0 Å². The molecule has 6 aromatic carbocycles.